The quantitative estimate of drug-likeness (QED) is 0.923. The van der Waals surface area contributed by atoms with Crippen molar-refractivity contribution in [1.29, 1.82) is 0 Å². The van der Waals surface area contributed by atoms with E-state index in [9.17, 15) is 4.79 Å². The highest BCUT2D eigenvalue weighted by molar-refractivity contribution is 6.33. The first-order valence-electron chi connectivity index (χ1n) is 6.63. The van der Waals surface area contributed by atoms with E-state index in [0.717, 1.165) is 17.0 Å². The molecule has 1 aliphatic heterocycles. The van der Waals surface area contributed by atoms with E-state index in [0.29, 0.717) is 24.7 Å². The van der Waals surface area contributed by atoms with Crippen LogP contribution in [-0.4, -0.2) is 24.2 Å². The van der Waals surface area contributed by atoms with Crippen LogP contribution >= 0.6 is 11.6 Å². The van der Waals surface area contributed by atoms with E-state index in [2.05, 4.69) is 4.90 Å². The molecule has 0 aliphatic carbocycles. The number of anilines is 1. The number of nitrogens with zero attached hydrogens (tertiary/aromatic N) is 1. The Morgan fingerprint density at radius 3 is 2.81 bits per heavy atom. The van der Waals surface area contributed by atoms with Crippen LogP contribution in [0.1, 0.15) is 15.9 Å². The van der Waals surface area contributed by atoms with Crippen molar-refractivity contribution in [2.75, 3.05) is 18.1 Å². The summed E-state index contributed by atoms with van der Waals surface area (Å²) < 4.78 is 5.72. The Kier molecular flexibility index (Phi) is 3.71. The molecule has 1 heterocycles. The second-order valence-electron chi connectivity index (χ2n) is 4.85. The predicted octanol–water partition coefficient (Wildman–Crippen LogP) is 3.44. The van der Waals surface area contributed by atoms with Gasteiger partial charge in [0.2, 0.25) is 0 Å². The van der Waals surface area contributed by atoms with Crippen molar-refractivity contribution < 1.29 is 14.6 Å². The van der Waals surface area contributed by atoms with Gasteiger partial charge >= 0.3 is 5.97 Å². The van der Waals surface area contributed by atoms with Crippen LogP contribution < -0.4 is 9.64 Å². The van der Waals surface area contributed by atoms with Gasteiger partial charge < -0.3 is 14.7 Å². The maximum atomic E-state index is 11.0. The van der Waals surface area contributed by atoms with Crippen LogP contribution in [0.2, 0.25) is 5.02 Å². The maximum absolute atomic E-state index is 11.0. The van der Waals surface area contributed by atoms with Crippen molar-refractivity contribution in [3.8, 4) is 5.75 Å². The smallest absolute Gasteiger partial charge is 0.335 e. The second-order valence-corrected chi connectivity index (χ2v) is 5.26. The van der Waals surface area contributed by atoms with E-state index in [1.165, 1.54) is 6.07 Å². The summed E-state index contributed by atoms with van der Waals surface area (Å²) in [6.07, 6.45) is 0. The molecule has 2 aromatic carbocycles. The molecular weight excluding hydrogens is 290 g/mol. The van der Waals surface area contributed by atoms with Gasteiger partial charge in [0.1, 0.15) is 12.4 Å². The van der Waals surface area contributed by atoms with Crippen LogP contribution in [0.15, 0.2) is 42.5 Å². The van der Waals surface area contributed by atoms with Gasteiger partial charge in [-0.2, -0.15) is 0 Å². The van der Waals surface area contributed by atoms with Gasteiger partial charge in [0.15, 0.2) is 0 Å². The fraction of sp³-hybridized carbons (Fsp3) is 0.188. The van der Waals surface area contributed by atoms with Gasteiger partial charge in [-0.15, -0.1) is 0 Å². The summed E-state index contributed by atoms with van der Waals surface area (Å²) in [4.78, 5) is 13.1. The minimum Gasteiger partial charge on any atom is -0.491 e. The van der Waals surface area contributed by atoms with E-state index in [-0.39, 0.29) is 5.56 Å². The zero-order valence-electron chi connectivity index (χ0n) is 11.3. The lowest BCUT2D eigenvalue weighted by atomic mass is 10.1. The molecule has 0 atom stereocenters. The second kappa shape index (κ2) is 5.66. The van der Waals surface area contributed by atoms with Crippen LogP contribution in [0.4, 0.5) is 5.69 Å². The molecule has 0 unspecified atom stereocenters. The van der Waals surface area contributed by atoms with E-state index in [1.807, 2.05) is 24.3 Å². The number of hydrogen-bond acceptors (Lipinski definition) is 3. The summed E-state index contributed by atoms with van der Waals surface area (Å²) in [5, 5.41) is 9.43. The lowest BCUT2D eigenvalue weighted by Gasteiger charge is -2.23. The number of para-hydroxylation sites is 1. The number of halogens is 1. The van der Waals surface area contributed by atoms with Crippen molar-refractivity contribution >= 4 is 23.3 Å². The third-order valence-corrected chi connectivity index (χ3v) is 3.79. The minimum atomic E-state index is -0.979. The number of rotatable bonds is 2. The van der Waals surface area contributed by atoms with Crippen molar-refractivity contribution in [2.45, 2.75) is 6.54 Å². The first-order valence-corrected chi connectivity index (χ1v) is 7.01. The molecule has 21 heavy (non-hydrogen) atoms. The van der Waals surface area contributed by atoms with E-state index in [4.69, 9.17) is 21.4 Å². The van der Waals surface area contributed by atoms with Gasteiger partial charge in [0.05, 0.1) is 22.8 Å². The summed E-state index contributed by atoms with van der Waals surface area (Å²) in [6, 6.07) is 12.7. The lowest BCUT2D eigenvalue weighted by Crippen LogP contribution is -2.25. The number of carboxylic acid groups (broad SMARTS) is 1. The molecule has 0 radical (unpaired) electrons. The summed E-state index contributed by atoms with van der Waals surface area (Å²) >= 11 is 6.24. The van der Waals surface area contributed by atoms with Gasteiger partial charge in [0.25, 0.3) is 0 Å². The van der Waals surface area contributed by atoms with Gasteiger partial charge in [-0.25, -0.2) is 4.79 Å². The van der Waals surface area contributed by atoms with Gasteiger partial charge in [-0.3, -0.25) is 0 Å². The molecule has 5 heteroatoms. The Hall–Kier alpha value is -2.20. The molecule has 0 aromatic heterocycles. The van der Waals surface area contributed by atoms with Gasteiger partial charge in [-0.1, -0.05) is 29.8 Å². The predicted molar refractivity (Wildman–Crippen MR) is 81.4 cm³/mol. The first-order chi connectivity index (χ1) is 10.1. The molecule has 2 aromatic rings. The molecule has 3 rings (SSSR count). The summed E-state index contributed by atoms with van der Waals surface area (Å²) in [5.74, 6) is -0.0914. The molecule has 0 bridgehead atoms. The van der Waals surface area contributed by atoms with Crippen LogP contribution in [0.3, 0.4) is 0 Å². The number of carbonyl (C=O) groups is 1. The highest BCUT2D eigenvalue weighted by Crippen LogP contribution is 2.31. The lowest BCUT2D eigenvalue weighted by molar-refractivity contribution is 0.0697. The number of hydrogen-bond donors (Lipinski definition) is 1. The molecule has 0 spiro atoms. The van der Waals surface area contributed by atoms with Crippen LogP contribution in [0, 0.1) is 0 Å². The molecule has 1 aliphatic rings. The van der Waals surface area contributed by atoms with Crippen LogP contribution in [0.25, 0.3) is 0 Å². The fourth-order valence-corrected chi connectivity index (χ4v) is 2.73. The summed E-state index contributed by atoms with van der Waals surface area (Å²) in [7, 11) is 0. The normalized spacial score (nSPS) is 14.0. The Labute approximate surface area is 127 Å². The van der Waals surface area contributed by atoms with Crippen molar-refractivity contribution in [3.05, 3.63) is 58.6 Å². The summed E-state index contributed by atoms with van der Waals surface area (Å²) in [5.41, 5.74) is 2.10. The third kappa shape index (κ3) is 2.81. The zero-order valence-corrected chi connectivity index (χ0v) is 12.0. The van der Waals surface area contributed by atoms with Crippen molar-refractivity contribution in [3.63, 3.8) is 0 Å². The average Bonchev–Trinajstić information content (AvgIpc) is 2.69. The Bertz CT molecular complexity index is 687. The number of aromatic carboxylic acids is 1. The molecule has 108 valence electrons. The minimum absolute atomic E-state index is 0.190. The maximum Gasteiger partial charge on any atom is 0.335 e. The average molecular weight is 304 g/mol. The molecule has 0 amide bonds. The number of fused-ring (bicyclic) bond motifs is 1. The van der Waals surface area contributed by atoms with Crippen LogP contribution in [0.5, 0.6) is 5.75 Å². The Morgan fingerprint density at radius 1 is 1.24 bits per heavy atom. The molecular formula is C16H14ClNO3. The molecule has 0 saturated carbocycles. The van der Waals surface area contributed by atoms with Gasteiger partial charge in [-0.05, 0) is 24.3 Å². The van der Waals surface area contributed by atoms with Crippen molar-refractivity contribution in [2.24, 2.45) is 0 Å². The number of ether oxygens (including phenoxy) is 1. The highest BCUT2D eigenvalue weighted by Gasteiger charge is 2.18. The number of benzene rings is 2. The molecule has 4 nitrogen and oxygen atoms in total. The molecule has 1 N–H and O–H groups in total. The van der Waals surface area contributed by atoms with Crippen molar-refractivity contribution in [1.82, 2.24) is 0 Å². The monoisotopic (exact) mass is 303 g/mol. The standard InChI is InChI=1S/C16H14ClNO3/c17-13-9-11(16(19)20)5-6-14(13)18-7-8-21-15-4-2-1-3-12(15)10-18/h1-6,9H,7-8,10H2,(H,19,20). The Balaban J connectivity index is 1.92. The fourth-order valence-electron chi connectivity index (χ4n) is 2.43. The zero-order chi connectivity index (χ0) is 14.8. The van der Waals surface area contributed by atoms with Crippen LogP contribution in [-0.2, 0) is 6.54 Å². The van der Waals surface area contributed by atoms with E-state index in [1.54, 1.807) is 12.1 Å². The van der Waals surface area contributed by atoms with E-state index < -0.39 is 5.97 Å². The Morgan fingerprint density at radius 2 is 2.05 bits per heavy atom. The third-order valence-electron chi connectivity index (χ3n) is 3.49. The number of carboxylic acids is 1. The topological polar surface area (TPSA) is 49.8 Å². The van der Waals surface area contributed by atoms with Gasteiger partial charge in [0, 0.05) is 12.1 Å². The largest absolute Gasteiger partial charge is 0.491 e. The summed E-state index contributed by atoms with van der Waals surface area (Å²) in [6.45, 7) is 1.94. The molecule has 0 saturated heterocycles. The first kappa shape index (κ1) is 13.8. The van der Waals surface area contributed by atoms with E-state index >= 15 is 0 Å². The SMILES string of the molecule is O=C(O)c1ccc(N2CCOc3ccccc3C2)c(Cl)c1. The molecule has 0 fully saturated rings. The highest BCUT2D eigenvalue weighted by atomic mass is 35.5.